The van der Waals surface area contributed by atoms with Gasteiger partial charge in [-0.3, -0.25) is 0 Å². The Labute approximate surface area is 82.9 Å². The molecule has 2 heterocycles. The van der Waals surface area contributed by atoms with E-state index in [2.05, 4.69) is 0 Å². The Bertz CT molecular complexity index is 278. The lowest BCUT2D eigenvalue weighted by Gasteiger charge is -2.15. The van der Waals surface area contributed by atoms with Crippen molar-refractivity contribution in [3.05, 3.63) is 23.7 Å². The van der Waals surface area contributed by atoms with Crippen molar-refractivity contribution in [2.75, 3.05) is 5.75 Å². The van der Waals surface area contributed by atoms with Crippen molar-refractivity contribution >= 4 is 11.8 Å². The van der Waals surface area contributed by atoms with Gasteiger partial charge in [0.05, 0.1) is 6.04 Å². The lowest BCUT2D eigenvalue weighted by atomic mass is 10.1. The molecule has 3 heteroatoms. The first-order chi connectivity index (χ1) is 6.27. The highest BCUT2D eigenvalue weighted by molar-refractivity contribution is 8.00. The van der Waals surface area contributed by atoms with E-state index in [9.17, 15) is 0 Å². The van der Waals surface area contributed by atoms with E-state index in [4.69, 9.17) is 10.2 Å². The van der Waals surface area contributed by atoms with Gasteiger partial charge >= 0.3 is 0 Å². The number of aryl methyl sites for hydroxylation is 1. The minimum absolute atomic E-state index is 0.0844. The molecule has 1 fully saturated rings. The summed E-state index contributed by atoms with van der Waals surface area (Å²) in [5, 5.41) is 0.561. The summed E-state index contributed by atoms with van der Waals surface area (Å²) in [6.07, 6.45) is 2.52. The fourth-order valence-electron chi connectivity index (χ4n) is 1.70. The molecule has 1 aliphatic heterocycles. The van der Waals surface area contributed by atoms with Gasteiger partial charge in [0, 0.05) is 5.25 Å². The van der Waals surface area contributed by atoms with Gasteiger partial charge in [0.25, 0.3) is 0 Å². The minimum atomic E-state index is 0.0844. The van der Waals surface area contributed by atoms with Gasteiger partial charge < -0.3 is 10.2 Å². The van der Waals surface area contributed by atoms with Crippen LogP contribution < -0.4 is 5.73 Å². The molecule has 72 valence electrons. The molecular formula is C10H15NOS. The highest BCUT2D eigenvalue weighted by Crippen LogP contribution is 2.34. The Kier molecular flexibility index (Phi) is 2.65. The zero-order chi connectivity index (χ0) is 9.26. The van der Waals surface area contributed by atoms with Crippen LogP contribution in [0.2, 0.25) is 0 Å². The molecule has 0 saturated carbocycles. The molecular weight excluding hydrogens is 182 g/mol. The highest BCUT2D eigenvalue weighted by Gasteiger charge is 2.25. The molecule has 13 heavy (non-hydrogen) atoms. The quantitative estimate of drug-likeness (QED) is 0.791. The van der Waals surface area contributed by atoms with Crippen molar-refractivity contribution < 1.29 is 4.42 Å². The van der Waals surface area contributed by atoms with Gasteiger partial charge in [0.2, 0.25) is 0 Å². The zero-order valence-corrected chi connectivity index (χ0v) is 8.64. The number of rotatable bonds is 2. The Morgan fingerprint density at radius 3 is 3.00 bits per heavy atom. The first kappa shape index (κ1) is 9.16. The lowest BCUT2D eigenvalue weighted by Crippen LogP contribution is -2.20. The van der Waals surface area contributed by atoms with E-state index in [1.165, 1.54) is 18.6 Å². The predicted octanol–water partition coefficient (Wildman–Crippen LogP) is 2.48. The maximum atomic E-state index is 6.10. The van der Waals surface area contributed by atoms with Crippen molar-refractivity contribution in [1.82, 2.24) is 0 Å². The maximum Gasteiger partial charge on any atom is 0.121 e. The summed E-state index contributed by atoms with van der Waals surface area (Å²) in [5.74, 6) is 3.14. The second-order valence-electron chi connectivity index (χ2n) is 3.53. The number of hydrogen-bond acceptors (Lipinski definition) is 3. The van der Waals surface area contributed by atoms with Crippen LogP contribution in [0.4, 0.5) is 0 Å². The molecule has 0 spiro atoms. The van der Waals surface area contributed by atoms with E-state index in [0.717, 1.165) is 11.5 Å². The van der Waals surface area contributed by atoms with Gasteiger partial charge in [-0.25, -0.2) is 0 Å². The molecule has 2 N–H and O–H groups in total. The maximum absolute atomic E-state index is 6.10. The van der Waals surface area contributed by atoms with Crippen LogP contribution in [0.1, 0.15) is 30.4 Å². The smallest absolute Gasteiger partial charge is 0.121 e. The summed E-state index contributed by atoms with van der Waals surface area (Å²) in [6.45, 7) is 1.96. The largest absolute Gasteiger partial charge is 0.465 e. The average molecular weight is 197 g/mol. The second-order valence-corrected chi connectivity index (χ2v) is 4.87. The molecule has 0 amide bonds. The molecule has 1 aromatic heterocycles. The first-order valence-corrected chi connectivity index (χ1v) is 5.76. The summed E-state index contributed by atoms with van der Waals surface area (Å²) in [5.41, 5.74) is 6.10. The molecule has 1 aromatic rings. The molecule has 2 rings (SSSR count). The second kappa shape index (κ2) is 3.76. The van der Waals surface area contributed by atoms with Crippen LogP contribution in [0.5, 0.6) is 0 Å². The molecule has 1 aliphatic rings. The highest BCUT2D eigenvalue weighted by atomic mass is 32.2. The predicted molar refractivity (Wildman–Crippen MR) is 55.9 cm³/mol. The molecule has 0 aromatic carbocycles. The zero-order valence-electron chi connectivity index (χ0n) is 7.82. The van der Waals surface area contributed by atoms with Gasteiger partial charge in [0.15, 0.2) is 0 Å². The van der Waals surface area contributed by atoms with Crippen LogP contribution in [0.3, 0.4) is 0 Å². The Morgan fingerprint density at radius 2 is 2.46 bits per heavy atom. The first-order valence-electron chi connectivity index (χ1n) is 4.71. The monoisotopic (exact) mass is 197 g/mol. The van der Waals surface area contributed by atoms with Gasteiger partial charge in [-0.05, 0) is 37.7 Å². The van der Waals surface area contributed by atoms with Crippen LogP contribution >= 0.6 is 11.8 Å². The van der Waals surface area contributed by atoms with E-state index in [0.29, 0.717) is 5.25 Å². The number of furan rings is 1. The normalized spacial score (nSPS) is 24.9. The summed E-state index contributed by atoms with van der Waals surface area (Å²) >= 11 is 1.97. The van der Waals surface area contributed by atoms with Gasteiger partial charge in [-0.15, -0.1) is 0 Å². The summed E-state index contributed by atoms with van der Waals surface area (Å²) < 4.78 is 5.52. The molecule has 1 unspecified atom stereocenters. The van der Waals surface area contributed by atoms with Crippen LogP contribution in [0.25, 0.3) is 0 Å². The number of nitrogens with two attached hydrogens (primary N) is 1. The molecule has 1 saturated heterocycles. The van der Waals surface area contributed by atoms with E-state index >= 15 is 0 Å². The third-order valence-corrected chi connectivity index (χ3v) is 3.94. The van der Waals surface area contributed by atoms with Crippen molar-refractivity contribution in [3.63, 3.8) is 0 Å². The Balaban J connectivity index is 2.07. The van der Waals surface area contributed by atoms with Crippen molar-refractivity contribution in [2.45, 2.75) is 31.1 Å². The molecule has 0 bridgehead atoms. The third kappa shape index (κ3) is 1.92. The molecule has 2 atom stereocenters. The van der Waals surface area contributed by atoms with Gasteiger partial charge in [-0.2, -0.15) is 11.8 Å². The fraction of sp³-hybridized carbons (Fsp3) is 0.600. The standard InChI is InChI=1S/C10H15NOS/c1-7-4-5-8(12-7)10(11)9-3-2-6-13-9/h4-5,9-10H,2-3,6,11H2,1H3/t9-,10?/m0/s1. The summed E-state index contributed by atoms with van der Waals surface area (Å²) in [4.78, 5) is 0. The minimum Gasteiger partial charge on any atom is -0.465 e. The topological polar surface area (TPSA) is 39.2 Å². The third-order valence-electron chi connectivity index (χ3n) is 2.46. The van der Waals surface area contributed by atoms with E-state index in [-0.39, 0.29) is 6.04 Å². The molecule has 0 aliphatic carbocycles. The average Bonchev–Trinajstić information content (AvgIpc) is 2.72. The van der Waals surface area contributed by atoms with E-state index in [1.807, 2.05) is 30.8 Å². The summed E-state index contributed by atoms with van der Waals surface area (Å²) in [7, 11) is 0. The lowest BCUT2D eigenvalue weighted by molar-refractivity contribution is 0.437. The van der Waals surface area contributed by atoms with E-state index in [1.54, 1.807) is 0 Å². The fourth-order valence-corrected chi connectivity index (χ4v) is 3.01. The van der Waals surface area contributed by atoms with E-state index < -0.39 is 0 Å². The van der Waals surface area contributed by atoms with Gasteiger partial charge in [-0.1, -0.05) is 0 Å². The van der Waals surface area contributed by atoms with Gasteiger partial charge in [0.1, 0.15) is 11.5 Å². The van der Waals surface area contributed by atoms with Crippen molar-refractivity contribution in [3.8, 4) is 0 Å². The Morgan fingerprint density at radius 1 is 1.62 bits per heavy atom. The number of hydrogen-bond donors (Lipinski definition) is 1. The molecule has 2 nitrogen and oxygen atoms in total. The SMILES string of the molecule is Cc1ccc(C(N)[C@@H]2CCCS2)o1. The summed E-state index contributed by atoms with van der Waals surface area (Å²) in [6, 6.07) is 4.06. The van der Waals surface area contributed by atoms with Crippen LogP contribution in [-0.2, 0) is 0 Å². The van der Waals surface area contributed by atoms with Crippen molar-refractivity contribution in [2.24, 2.45) is 5.73 Å². The van der Waals surface area contributed by atoms with Crippen LogP contribution in [-0.4, -0.2) is 11.0 Å². The molecule has 0 radical (unpaired) electrons. The number of thioether (sulfide) groups is 1. The Hall–Kier alpha value is -0.410. The van der Waals surface area contributed by atoms with Crippen molar-refractivity contribution in [1.29, 1.82) is 0 Å². The van der Waals surface area contributed by atoms with Crippen LogP contribution in [0, 0.1) is 6.92 Å². The van der Waals surface area contributed by atoms with Crippen LogP contribution in [0.15, 0.2) is 16.5 Å².